The number of hydrogen-bond acceptors (Lipinski definition) is 5. The third kappa shape index (κ3) is 4.72. The van der Waals surface area contributed by atoms with E-state index < -0.39 is 24.6 Å². The Labute approximate surface area is 81.2 Å². The number of nitriles is 1. The minimum absolute atomic E-state index is 0.407. The van der Waals surface area contributed by atoms with Crippen molar-refractivity contribution in [2.45, 2.75) is 12.7 Å². The van der Waals surface area contributed by atoms with E-state index >= 15 is 0 Å². The van der Waals surface area contributed by atoms with Crippen LogP contribution in [0.5, 0.6) is 0 Å². The van der Waals surface area contributed by atoms with Gasteiger partial charge in [0.25, 0.3) is 6.29 Å². The first-order valence-electron chi connectivity index (χ1n) is 3.66. The second kappa shape index (κ2) is 6.43. The molecule has 0 spiro atoms. The molecule has 0 N–H and O–H groups in total. The Hall–Kier alpha value is -2.09. The van der Waals surface area contributed by atoms with Crippen LogP contribution in [0.25, 0.3) is 0 Å². The van der Waals surface area contributed by atoms with Gasteiger partial charge in [-0.2, -0.15) is 5.26 Å². The van der Waals surface area contributed by atoms with Gasteiger partial charge in [-0.3, -0.25) is 4.79 Å². The molecule has 0 aliphatic carbocycles. The van der Waals surface area contributed by atoms with E-state index in [0.717, 1.165) is 12.2 Å². The van der Waals surface area contributed by atoms with E-state index in [1.54, 1.807) is 6.07 Å². The number of nitrogens with zero attached hydrogens (tertiary/aromatic N) is 1. The highest BCUT2D eigenvalue weighted by atomic mass is 16.7. The van der Waals surface area contributed by atoms with Crippen molar-refractivity contribution in [1.29, 1.82) is 5.26 Å². The predicted molar refractivity (Wildman–Crippen MR) is 46.6 cm³/mol. The zero-order valence-electron chi connectivity index (χ0n) is 7.43. The molecule has 1 unspecified atom stereocenters. The molecule has 0 aliphatic heterocycles. The molecule has 0 amide bonds. The number of esters is 2. The van der Waals surface area contributed by atoms with Crippen molar-refractivity contribution in [2.75, 3.05) is 0 Å². The van der Waals surface area contributed by atoms with E-state index in [2.05, 4.69) is 22.6 Å². The summed E-state index contributed by atoms with van der Waals surface area (Å²) in [4.78, 5) is 21.4. The largest absolute Gasteiger partial charge is 0.420 e. The van der Waals surface area contributed by atoms with E-state index in [9.17, 15) is 9.59 Å². The minimum atomic E-state index is -1.18. The fraction of sp³-hybridized carbons (Fsp3) is 0.222. The highest BCUT2D eigenvalue weighted by Gasteiger charge is 2.13. The van der Waals surface area contributed by atoms with Gasteiger partial charge in [0.15, 0.2) is 0 Å². The van der Waals surface area contributed by atoms with Crippen molar-refractivity contribution in [1.82, 2.24) is 0 Å². The molecule has 0 aromatic rings. The summed E-state index contributed by atoms with van der Waals surface area (Å²) < 4.78 is 9.08. The van der Waals surface area contributed by atoms with Gasteiger partial charge in [-0.1, -0.05) is 13.2 Å². The first kappa shape index (κ1) is 11.9. The first-order chi connectivity index (χ1) is 6.63. The molecule has 0 heterocycles. The SMILES string of the molecule is C=CC(=O)OC(C=C)OC(=O)CC#N. The molecule has 0 saturated heterocycles. The summed E-state index contributed by atoms with van der Waals surface area (Å²) in [7, 11) is 0. The molecule has 0 aliphatic rings. The number of rotatable bonds is 5. The van der Waals surface area contributed by atoms with Crippen molar-refractivity contribution in [3.8, 4) is 6.07 Å². The Balaban J connectivity index is 4.10. The summed E-state index contributed by atoms with van der Waals surface area (Å²) in [6.45, 7) is 6.45. The van der Waals surface area contributed by atoms with E-state index in [1.807, 2.05) is 0 Å². The third-order valence-corrected chi connectivity index (χ3v) is 1.06. The second-order valence-electron chi connectivity index (χ2n) is 2.07. The Morgan fingerprint density at radius 1 is 1.43 bits per heavy atom. The van der Waals surface area contributed by atoms with Crippen LogP contribution < -0.4 is 0 Å². The van der Waals surface area contributed by atoms with Gasteiger partial charge >= 0.3 is 11.9 Å². The molecular weight excluding hydrogens is 186 g/mol. The Kier molecular flexibility index (Phi) is 5.47. The maximum Gasteiger partial charge on any atom is 0.333 e. The van der Waals surface area contributed by atoms with E-state index in [0.29, 0.717) is 0 Å². The van der Waals surface area contributed by atoms with E-state index in [-0.39, 0.29) is 0 Å². The maximum atomic E-state index is 10.8. The standard InChI is InChI=1S/C9H9NO4/c1-3-7(11)13-9(4-2)14-8(12)5-6-10/h3-4,9H,1-2,5H2. The van der Waals surface area contributed by atoms with Gasteiger partial charge < -0.3 is 9.47 Å². The molecule has 5 heteroatoms. The van der Waals surface area contributed by atoms with Crippen LogP contribution in [0.4, 0.5) is 0 Å². The van der Waals surface area contributed by atoms with Crippen molar-refractivity contribution in [3.63, 3.8) is 0 Å². The van der Waals surface area contributed by atoms with Gasteiger partial charge in [0.2, 0.25) is 0 Å². The predicted octanol–water partition coefficient (Wildman–Crippen LogP) is 0.685. The lowest BCUT2D eigenvalue weighted by atomic mass is 10.5. The van der Waals surface area contributed by atoms with Gasteiger partial charge in [0.05, 0.1) is 6.07 Å². The van der Waals surface area contributed by atoms with E-state index in [1.165, 1.54) is 0 Å². The summed E-state index contributed by atoms with van der Waals surface area (Å²) >= 11 is 0. The van der Waals surface area contributed by atoms with Crippen molar-refractivity contribution in [2.24, 2.45) is 0 Å². The van der Waals surface area contributed by atoms with Gasteiger partial charge in [-0.25, -0.2) is 4.79 Å². The molecule has 0 saturated carbocycles. The number of hydrogen-bond donors (Lipinski definition) is 0. The smallest absolute Gasteiger partial charge is 0.333 e. The zero-order chi connectivity index (χ0) is 11.0. The molecular formula is C9H9NO4. The lowest BCUT2D eigenvalue weighted by Crippen LogP contribution is -2.21. The van der Waals surface area contributed by atoms with Gasteiger partial charge in [-0.05, 0) is 6.08 Å². The molecule has 5 nitrogen and oxygen atoms in total. The van der Waals surface area contributed by atoms with Crippen LogP contribution in [-0.4, -0.2) is 18.2 Å². The van der Waals surface area contributed by atoms with Crippen LogP contribution in [0.1, 0.15) is 6.42 Å². The number of ether oxygens (including phenoxy) is 2. The van der Waals surface area contributed by atoms with Gasteiger partial charge in [-0.15, -0.1) is 0 Å². The van der Waals surface area contributed by atoms with Crippen molar-refractivity contribution >= 4 is 11.9 Å². The summed E-state index contributed by atoms with van der Waals surface area (Å²) in [5.41, 5.74) is 0. The minimum Gasteiger partial charge on any atom is -0.420 e. The van der Waals surface area contributed by atoms with Gasteiger partial charge in [0.1, 0.15) is 6.42 Å². The van der Waals surface area contributed by atoms with Crippen LogP contribution in [0.3, 0.4) is 0 Å². The monoisotopic (exact) mass is 195 g/mol. The lowest BCUT2D eigenvalue weighted by molar-refractivity contribution is -0.175. The summed E-state index contributed by atoms with van der Waals surface area (Å²) in [5, 5.41) is 8.15. The van der Waals surface area contributed by atoms with E-state index in [4.69, 9.17) is 5.26 Å². The summed E-state index contributed by atoms with van der Waals surface area (Å²) in [6, 6.07) is 1.59. The molecule has 0 aromatic heterocycles. The second-order valence-corrected chi connectivity index (χ2v) is 2.07. The molecule has 14 heavy (non-hydrogen) atoms. The zero-order valence-corrected chi connectivity index (χ0v) is 7.43. The number of carbonyl (C=O) groups excluding carboxylic acids is 2. The van der Waals surface area contributed by atoms with Crippen LogP contribution in [0.15, 0.2) is 25.3 Å². The molecule has 1 atom stereocenters. The third-order valence-electron chi connectivity index (χ3n) is 1.06. The molecule has 0 aromatic carbocycles. The van der Waals surface area contributed by atoms with Crippen LogP contribution in [0.2, 0.25) is 0 Å². The Morgan fingerprint density at radius 3 is 2.50 bits per heavy atom. The highest BCUT2D eigenvalue weighted by Crippen LogP contribution is 1.99. The average molecular weight is 195 g/mol. The molecule has 0 rings (SSSR count). The Bertz CT molecular complexity index is 290. The quantitative estimate of drug-likeness (QED) is 0.279. The molecule has 0 fully saturated rings. The topological polar surface area (TPSA) is 76.4 Å². The van der Waals surface area contributed by atoms with Crippen LogP contribution >= 0.6 is 0 Å². The normalized spacial score (nSPS) is 10.5. The molecule has 74 valence electrons. The Morgan fingerprint density at radius 2 is 2.07 bits per heavy atom. The molecule has 0 bridgehead atoms. The van der Waals surface area contributed by atoms with Crippen molar-refractivity contribution in [3.05, 3.63) is 25.3 Å². The van der Waals surface area contributed by atoms with Crippen molar-refractivity contribution < 1.29 is 19.1 Å². The van der Waals surface area contributed by atoms with Gasteiger partial charge in [0, 0.05) is 6.08 Å². The fourth-order valence-electron chi connectivity index (χ4n) is 0.519. The molecule has 0 radical (unpaired) electrons. The summed E-state index contributed by atoms with van der Waals surface area (Å²) in [6.07, 6.45) is 0.461. The maximum absolute atomic E-state index is 10.8. The fourth-order valence-corrected chi connectivity index (χ4v) is 0.519. The lowest BCUT2D eigenvalue weighted by Gasteiger charge is -2.12. The first-order valence-corrected chi connectivity index (χ1v) is 3.66. The highest BCUT2D eigenvalue weighted by molar-refractivity contribution is 5.81. The summed E-state index contributed by atoms with van der Waals surface area (Å²) in [5.74, 6) is -1.52. The average Bonchev–Trinajstić information content (AvgIpc) is 2.16. The van der Waals surface area contributed by atoms with Crippen LogP contribution in [0, 0.1) is 11.3 Å². The van der Waals surface area contributed by atoms with Crippen LogP contribution in [-0.2, 0) is 19.1 Å². The number of carbonyl (C=O) groups is 2.